The second kappa shape index (κ2) is 5.14. The van der Waals surface area contributed by atoms with Crippen LogP contribution in [0.5, 0.6) is 0 Å². The highest BCUT2D eigenvalue weighted by Crippen LogP contribution is 2.13. The molecule has 2 atom stereocenters. The van der Waals surface area contributed by atoms with Gasteiger partial charge in [0, 0.05) is 24.8 Å². The first-order chi connectivity index (χ1) is 6.99. The van der Waals surface area contributed by atoms with E-state index >= 15 is 0 Å². The van der Waals surface area contributed by atoms with Crippen molar-refractivity contribution < 1.29 is 13.2 Å². The highest BCUT2D eigenvalue weighted by atomic mass is 32.2. The smallest absolute Gasteiger partial charge is 0.224 e. The summed E-state index contributed by atoms with van der Waals surface area (Å²) in [5.74, 6) is -0.540. The highest BCUT2D eigenvalue weighted by Gasteiger charge is 2.31. The number of hydrogen-bond donors (Lipinski definition) is 2. The van der Waals surface area contributed by atoms with Gasteiger partial charge in [-0.25, -0.2) is 8.42 Å². The zero-order chi connectivity index (χ0) is 13.1. The molecule has 5 nitrogen and oxygen atoms in total. The monoisotopic (exact) mass is 250 g/mol. The quantitative estimate of drug-likeness (QED) is 0.713. The van der Waals surface area contributed by atoms with Gasteiger partial charge in [-0.2, -0.15) is 0 Å². The summed E-state index contributed by atoms with van der Waals surface area (Å²) < 4.78 is 21.8. The zero-order valence-electron chi connectivity index (χ0n) is 10.6. The normalized spacial score (nSPS) is 16.6. The standard InChI is InChI=1S/C10H22N2O3S/c1-7(8(2)11)9(13)12-6-10(3,4)16(5,14)15/h7-8H,6,11H2,1-5H3,(H,12,13). The van der Waals surface area contributed by atoms with E-state index in [4.69, 9.17) is 5.73 Å². The van der Waals surface area contributed by atoms with Gasteiger partial charge < -0.3 is 11.1 Å². The van der Waals surface area contributed by atoms with Crippen molar-refractivity contribution >= 4 is 15.7 Å². The van der Waals surface area contributed by atoms with Crippen LogP contribution in [0.3, 0.4) is 0 Å². The molecule has 0 bridgehead atoms. The van der Waals surface area contributed by atoms with Gasteiger partial charge in [0.15, 0.2) is 9.84 Å². The number of hydrogen-bond acceptors (Lipinski definition) is 4. The summed E-state index contributed by atoms with van der Waals surface area (Å²) in [6.07, 6.45) is 1.16. The van der Waals surface area contributed by atoms with Gasteiger partial charge in [-0.05, 0) is 20.8 Å². The third-order valence-corrected chi connectivity index (χ3v) is 5.05. The molecule has 0 aromatic heterocycles. The number of amides is 1. The summed E-state index contributed by atoms with van der Waals surface area (Å²) in [7, 11) is -3.19. The minimum atomic E-state index is -3.19. The summed E-state index contributed by atoms with van der Waals surface area (Å²) in [5, 5.41) is 2.61. The lowest BCUT2D eigenvalue weighted by molar-refractivity contribution is -0.125. The van der Waals surface area contributed by atoms with Gasteiger partial charge in [0.2, 0.25) is 5.91 Å². The Hall–Kier alpha value is -0.620. The van der Waals surface area contributed by atoms with Crippen molar-refractivity contribution in [2.24, 2.45) is 11.7 Å². The fourth-order valence-electron chi connectivity index (χ4n) is 0.831. The van der Waals surface area contributed by atoms with E-state index in [-0.39, 0.29) is 24.4 Å². The molecule has 2 unspecified atom stereocenters. The summed E-state index contributed by atoms with van der Waals surface area (Å²) in [6, 6.07) is -0.249. The highest BCUT2D eigenvalue weighted by molar-refractivity contribution is 7.92. The lowest BCUT2D eigenvalue weighted by Crippen LogP contribution is -2.47. The number of carbonyl (C=O) groups excluding carboxylic acids is 1. The molecule has 0 aliphatic rings. The third-order valence-electron chi connectivity index (χ3n) is 2.89. The van der Waals surface area contributed by atoms with Crippen LogP contribution in [0.1, 0.15) is 27.7 Å². The van der Waals surface area contributed by atoms with Crippen LogP contribution < -0.4 is 11.1 Å². The van der Waals surface area contributed by atoms with Crippen molar-refractivity contribution in [1.82, 2.24) is 5.32 Å². The molecule has 0 aromatic carbocycles. The third kappa shape index (κ3) is 4.09. The van der Waals surface area contributed by atoms with Crippen molar-refractivity contribution in [1.29, 1.82) is 0 Å². The SMILES string of the molecule is CC(N)C(C)C(=O)NCC(C)(C)S(C)(=O)=O. The van der Waals surface area contributed by atoms with Gasteiger partial charge in [-0.1, -0.05) is 6.92 Å². The van der Waals surface area contributed by atoms with E-state index in [0.717, 1.165) is 6.26 Å². The summed E-state index contributed by atoms with van der Waals surface area (Å²) in [6.45, 7) is 6.72. The van der Waals surface area contributed by atoms with Crippen molar-refractivity contribution in [2.75, 3.05) is 12.8 Å². The van der Waals surface area contributed by atoms with Crippen molar-refractivity contribution in [3.8, 4) is 0 Å². The van der Waals surface area contributed by atoms with E-state index in [1.165, 1.54) is 0 Å². The van der Waals surface area contributed by atoms with Crippen molar-refractivity contribution in [3.63, 3.8) is 0 Å². The Balaban J connectivity index is 4.43. The Labute approximate surface area is 97.7 Å². The number of rotatable bonds is 5. The molecule has 0 aliphatic heterocycles. The number of sulfone groups is 1. The maximum Gasteiger partial charge on any atom is 0.224 e. The summed E-state index contributed by atoms with van der Waals surface area (Å²) in [4.78, 5) is 11.6. The van der Waals surface area contributed by atoms with E-state index in [1.54, 1.807) is 27.7 Å². The molecule has 0 spiro atoms. The van der Waals surface area contributed by atoms with Crippen LogP contribution in [0, 0.1) is 5.92 Å². The first-order valence-corrected chi connectivity index (χ1v) is 7.11. The van der Waals surface area contributed by atoms with Crippen molar-refractivity contribution in [3.05, 3.63) is 0 Å². The molecule has 1 amide bonds. The van der Waals surface area contributed by atoms with Gasteiger partial charge in [0.1, 0.15) is 0 Å². The molecule has 0 saturated heterocycles. The molecule has 6 heteroatoms. The largest absolute Gasteiger partial charge is 0.354 e. The molecule has 96 valence electrons. The Morgan fingerprint density at radius 1 is 1.38 bits per heavy atom. The van der Waals surface area contributed by atoms with Gasteiger partial charge in [-0.15, -0.1) is 0 Å². The Morgan fingerprint density at radius 3 is 2.12 bits per heavy atom. The number of carbonyl (C=O) groups is 1. The molecule has 0 aromatic rings. The van der Waals surface area contributed by atoms with Crippen LogP contribution in [0.2, 0.25) is 0 Å². The van der Waals surface area contributed by atoms with Crippen LogP contribution in [0.4, 0.5) is 0 Å². The van der Waals surface area contributed by atoms with Crippen LogP contribution in [0.25, 0.3) is 0 Å². The lowest BCUT2D eigenvalue weighted by Gasteiger charge is -2.24. The fraction of sp³-hybridized carbons (Fsp3) is 0.900. The van der Waals surface area contributed by atoms with Crippen LogP contribution >= 0.6 is 0 Å². The van der Waals surface area contributed by atoms with Crippen LogP contribution in [-0.4, -0.2) is 37.9 Å². The predicted octanol–water partition coefficient (Wildman–Crippen LogP) is -0.0909. The van der Waals surface area contributed by atoms with Crippen LogP contribution in [-0.2, 0) is 14.6 Å². The van der Waals surface area contributed by atoms with E-state index in [2.05, 4.69) is 5.32 Å². The number of nitrogens with two attached hydrogens (primary N) is 1. The molecule has 16 heavy (non-hydrogen) atoms. The maximum atomic E-state index is 11.6. The Morgan fingerprint density at radius 2 is 1.81 bits per heavy atom. The Kier molecular flexibility index (Phi) is 4.94. The van der Waals surface area contributed by atoms with E-state index in [9.17, 15) is 13.2 Å². The molecule has 0 rings (SSSR count). The first kappa shape index (κ1) is 15.4. The maximum absolute atomic E-state index is 11.6. The van der Waals surface area contributed by atoms with E-state index in [1.807, 2.05) is 0 Å². The summed E-state index contributed by atoms with van der Waals surface area (Å²) >= 11 is 0. The minimum Gasteiger partial charge on any atom is -0.354 e. The van der Waals surface area contributed by atoms with E-state index < -0.39 is 14.6 Å². The zero-order valence-corrected chi connectivity index (χ0v) is 11.4. The van der Waals surface area contributed by atoms with Gasteiger partial charge in [-0.3, -0.25) is 4.79 Å². The lowest BCUT2D eigenvalue weighted by atomic mass is 10.0. The Bertz CT molecular complexity index is 347. The molecular weight excluding hydrogens is 228 g/mol. The minimum absolute atomic E-state index is 0.0989. The number of nitrogens with one attached hydrogen (secondary N) is 1. The van der Waals surface area contributed by atoms with Crippen molar-refractivity contribution in [2.45, 2.75) is 38.5 Å². The van der Waals surface area contributed by atoms with Gasteiger partial charge in [0.25, 0.3) is 0 Å². The van der Waals surface area contributed by atoms with Crippen LogP contribution in [0.15, 0.2) is 0 Å². The average molecular weight is 250 g/mol. The second-order valence-corrected chi connectivity index (χ2v) is 7.55. The van der Waals surface area contributed by atoms with Gasteiger partial charge in [0.05, 0.1) is 4.75 Å². The molecule has 0 fully saturated rings. The average Bonchev–Trinajstić information content (AvgIpc) is 2.11. The molecule has 3 N–H and O–H groups in total. The van der Waals surface area contributed by atoms with E-state index in [0.29, 0.717) is 0 Å². The predicted molar refractivity (Wildman–Crippen MR) is 64.7 cm³/mol. The summed E-state index contributed by atoms with van der Waals surface area (Å²) in [5.41, 5.74) is 5.58. The molecule has 0 radical (unpaired) electrons. The molecular formula is C10H22N2O3S. The first-order valence-electron chi connectivity index (χ1n) is 5.22. The molecule has 0 saturated carbocycles. The topological polar surface area (TPSA) is 89.3 Å². The fourth-order valence-corrected chi connectivity index (χ4v) is 1.17. The second-order valence-electron chi connectivity index (χ2n) is 4.90. The molecule has 0 aliphatic carbocycles. The van der Waals surface area contributed by atoms with Gasteiger partial charge >= 0.3 is 0 Å². The molecule has 0 heterocycles.